The van der Waals surface area contributed by atoms with E-state index in [9.17, 15) is 0 Å². The number of fused-ring (bicyclic) bond motifs is 1. The topological polar surface area (TPSA) is 42.7 Å². The van der Waals surface area contributed by atoms with Crippen molar-refractivity contribution in [2.75, 3.05) is 7.05 Å². The molecule has 0 spiro atoms. The van der Waals surface area contributed by atoms with Crippen LogP contribution in [-0.4, -0.2) is 21.6 Å². The molecule has 0 fully saturated rings. The van der Waals surface area contributed by atoms with Crippen LogP contribution < -0.4 is 5.32 Å². The molecule has 0 amide bonds. The molecule has 1 atom stereocenters. The Kier molecular flexibility index (Phi) is 3.97. The molecule has 2 aromatic heterocycles. The Morgan fingerprint density at radius 1 is 1.14 bits per heavy atom. The van der Waals surface area contributed by atoms with Gasteiger partial charge in [-0.2, -0.15) is 0 Å². The van der Waals surface area contributed by atoms with Crippen molar-refractivity contribution < 1.29 is 0 Å². The molecule has 0 aliphatic carbocycles. The minimum absolute atomic E-state index is 0.156. The second-order valence-electron chi connectivity index (χ2n) is 5.09. The molecule has 2 heterocycles. The first-order valence-corrected chi connectivity index (χ1v) is 7.34. The van der Waals surface area contributed by atoms with Crippen LogP contribution in [0.5, 0.6) is 0 Å². The molecule has 1 N–H and O–H groups in total. The third kappa shape index (κ3) is 2.67. The van der Waals surface area contributed by atoms with Gasteiger partial charge >= 0.3 is 0 Å². The lowest BCUT2D eigenvalue weighted by molar-refractivity contribution is 0.545. The molecule has 0 saturated heterocycles. The summed E-state index contributed by atoms with van der Waals surface area (Å²) in [7, 11) is 1.98. The Morgan fingerprint density at radius 3 is 2.81 bits per heavy atom. The minimum Gasteiger partial charge on any atom is -0.335 e. The zero-order valence-corrected chi connectivity index (χ0v) is 12.5. The highest BCUT2D eigenvalue weighted by Crippen LogP contribution is 2.24. The molecule has 108 valence electrons. The van der Waals surface area contributed by atoms with E-state index in [0.717, 1.165) is 24.5 Å². The summed E-state index contributed by atoms with van der Waals surface area (Å²) in [6.07, 6.45) is 6.60. The lowest BCUT2D eigenvalue weighted by Crippen LogP contribution is -2.22. The first-order chi connectivity index (χ1) is 10.3. The van der Waals surface area contributed by atoms with E-state index < -0.39 is 0 Å². The first-order valence-electron chi connectivity index (χ1n) is 7.34. The van der Waals surface area contributed by atoms with Gasteiger partial charge in [0.1, 0.15) is 5.82 Å². The van der Waals surface area contributed by atoms with E-state index in [1.807, 2.05) is 25.6 Å². The van der Waals surface area contributed by atoms with E-state index in [1.54, 1.807) is 0 Å². The summed E-state index contributed by atoms with van der Waals surface area (Å²) in [5.41, 5.74) is 1.08. The molecule has 3 aromatic rings. The summed E-state index contributed by atoms with van der Waals surface area (Å²) in [6, 6.07) is 10.6. The highest BCUT2D eigenvalue weighted by Gasteiger charge is 2.16. The van der Waals surface area contributed by atoms with Gasteiger partial charge in [0.05, 0.1) is 11.7 Å². The summed E-state index contributed by atoms with van der Waals surface area (Å²) >= 11 is 0. The van der Waals surface area contributed by atoms with Crippen LogP contribution in [0.4, 0.5) is 0 Å². The van der Waals surface area contributed by atoms with Crippen LogP contribution in [0.25, 0.3) is 10.8 Å². The average molecular weight is 280 g/mol. The Bertz CT molecular complexity index is 727. The highest BCUT2D eigenvalue weighted by atomic mass is 15.1. The van der Waals surface area contributed by atoms with Crippen molar-refractivity contribution in [2.24, 2.45) is 0 Å². The van der Waals surface area contributed by atoms with Crippen molar-refractivity contribution in [1.82, 2.24) is 19.9 Å². The average Bonchev–Trinajstić information content (AvgIpc) is 2.99. The van der Waals surface area contributed by atoms with Gasteiger partial charge in [-0.25, -0.2) is 4.98 Å². The number of imidazole rings is 1. The van der Waals surface area contributed by atoms with Gasteiger partial charge in [0, 0.05) is 36.9 Å². The van der Waals surface area contributed by atoms with Gasteiger partial charge in [-0.15, -0.1) is 0 Å². The molecule has 0 bridgehead atoms. The van der Waals surface area contributed by atoms with Crippen LogP contribution >= 0.6 is 0 Å². The van der Waals surface area contributed by atoms with Gasteiger partial charge in [-0.05, 0) is 25.4 Å². The van der Waals surface area contributed by atoms with Crippen molar-refractivity contribution in [1.29, 1.82) is 0 Å². The van der Waals surface area contributed by atoms with Crippen LogP contribution in [0.2, 0.25) is 0 Å². The fraction of sp³-hybridized carbons (Fsp3) is 0.294. The Morgan fingerprint density at radius 2 is 2.00 bits per heavy atom. The number of aromatic nitrogens is 3. The van der Waals surface area contributed by atoms with Gasteiger partial charge in [-0.3, -0.25) is 4.98 Å². The zero-order valence-electron chi connectivity index (χ0n) is 12.5. The van der Waals surface area contributed by atoms with Gasteiger partial charge in [0.2, 0.25) is 0 Å². The molecule has 0 aliphatic heterocycles. The molecule has 4 heteroatoms. The number of hydrogen-bond acceptors (Lipinski definition) is 3. The second-order valence-corrected chi connectivity index (χ2v) is 5.09. The number of nitrogens with one attached hydrogen (secondary N) is 1. The van der Waals surface area contributed by atoms with Gasteiger partial charge < -0.3 is 9.88 Å². The van der Waals surface area contributed by atoms with Gasteiger partial charge in [0.15, 0.2) is 0 Å². The van der Waals surface area contributed by atoms with E-state index in [1.165, 1.54) is 10.8 Å². The third-order valence-electron chi connectivity index (χ3n) is 3.91. The van der Waals surface area contributed by atoms with Gasteiger partial charge in [0.25, 0.3) is 0 Å². The summed E-state index contributed by atoms with van der Waals surface area (Å²) in [4.78, 5) is 9.09. The number of aryl methyl sites for hydroxylation is 1. The molecule has 0 radical (unpaired) electrons. The summed E-state index contributed by atoms with van der Waals surface area (Å²) in [5, 5.41) is 5.81. The molecule has 21 heavy (non-hydrogen) atoms. The van der Waals surface area contributed by atoms with E-state index >= 15 is 0 Å². The van der Waals surface area contributed by atoms with Crippen molar-refractivity contribution in [3.8, 4) is 0 Å². The maximum absolute atomic E-state index is 4.61. The monoisotopic (exact) mass is 280 g/mol. The predicted molar refractivity (Wildman–Crippen MR) is 85.1 cm³/mol. The quantitative estimate of drug-likeness (QED) is 0.781. The normalized spacial score (nSPS) is 12.7. The van der Waals surface area contributed by atoms with Crippen LogP contribution in [0.1, 0.15) is 24.5 Å². The molecular weight excluding hydrogens is 260 g/mol. The lowest BCUT2D eigenvalue weighted by atomic mass is 10.0. The Hall–Kier alpha value is -2.20. The predicted octanol–water partition coefficient (Wildman–Crippen LogP) is 2.95. The van der Waals surface area contributed by atoms with Crippen molar-refractivity contribution >= 4 is 10.8 Å². The highest BCUT2D eigenvalue weighted by molar-refractivity contribution is 5.84. The maximum Gasteiger partial charge on any atom is 0.110 e. The summed E-state index contributed by atoms with van der Waals surface area (Å²) < 4.78 is 2.18. The number of pyridine rings is 1. The number of likely N-dealkylation sites (N-methyl/N-ethyl adjacent to an activating group) is 1. The van der Waals surface area contributed by atoms with Crippen LogP contribution in [0.15, 0.2) is 48.9 Å². The number of benzene rings is 1. The molecular formula is C17H20N4. The van der Waals surface area contributed by atoms with Crippen molar-refractivity contribution in [3.63, 3.8) is 0 Å². The van der Waals surface area contributed by atoms with Gasteiger partial charge in [-0.1, -0.05) is 24.3 Å². The second kappa shape index (κ2) is 6.06. The van der Waals surface area contributed by atoms with E-state index in [0.29, 0.717) is 0 Å². The first kappa shape index (κ1) is 13.8. The SMILES string of the molecule is CCn1ccnc1CC(NC)c1nccc2ccccc12. The van der Waals surface area contributed by atoms with Crippen molar-refractivity contribution in [2.45, 2.75) is 25.9 Å². The fourth-order valence-corrected chi connectivity index (χ4v) is 2.76. The van der Waals surface area contributed by atoms with Crippen molar-refractivity contribution in [3.05, 3.63) is 60.4 Å². The van der Waals surface area contributed by atoms with E-state index in [-0.39, 0.29) is 6.04 Å². The standard InChI is InChI=1S/C17H20N4/c1-3-21-11-10-19-16(21)12-15(18-2)17-14-7-5-4-6-13(14)8-9-20-17/h4-11,15,18H,3,12H2,1-2H3. The molecule has 4 nitrogen and oxygen atoms in total. The fourth-order valence-electron chi connectivity index (χ4n) is 2.76. The van der Waals surface area contributed by atoms with E-state index in [2.05, 4.69) is 57.1 Å². The Labute approximate surface area is 124 Å². The number of rotatable bonds is 5. The summed E-state index contributed by atoms with van der Waals surface area (Å²) in [5.74, 6) is 1.09. The number of hydrogen-bond donors (Lipinski definition) is 1. The smallest absolute Gasteiger partial charge is 0.110 e. The molecule has 0 saturated carbocycles. The molecule has 0 aliphatic rings. The minimum atomic E-state index is 0.156. The molecule has 1 unspecified atom stereocenters. The zero-order chi connectivity index (χ0) is 14.7. The molecule has 3 rings (SSSR count). The number of nitrogens with zero attached hydrogens (tertiary/aromatic N) is 3. The van der Waals surface area contributed by atoms with Crippen LogP contribution in [-0.2, 0) is 13.0 Å². The van der Waals surface area contributed by atoms with Crippen LogP contribution in [0.3, 0.4) is 0 Å². The summed E-state index contributed by atoms with van der Waals surface area (Å²) in [6.45, 7) is 3.07. The molecule has 1 aromatic carbocycles. The Balaban J connectivity index is 1.99. The third-order valence-corrected chi connectivity index (χ3v) is 3.91. The lowest BCUT2D eigenvalue weighted by Gasteiger charge is -2.18. The van der Waals surface area contributed by atoms with E-state index in [4.69, 9.17) is 0 Å². The maximum atomic E-state index is 4.61. The van der Waals surface area contributed by atoms with Crippen LogP contribution in [0, 0.1) is 0 Å². The largest absolute Gasteiger partial charge is 0.335 e.